The van der Waals surface area contributed by atoms with Gasteiger partial charge in [-0.1, -0.05) is 0 Å². The second-order valence-electron chi connectivity index (χ2n) is 6.45. The first-order valence-electron chi connectivity index (χ1n) is 8.17. The molecule has 0 rings (SSSR count). The molecule has 0 aromatic rings. The quantitative estimate of drug-likeness (QED) is 0.426. The zero-order valence-electron chi connectivity index (χ0n) is 15.7. The van der Waals surface area contributed by atoms with Gasteiger partial charge < -0.3 is 9.42 Å². The Morgan fingerprint density at radius 1 is 0.913 bits per heavy atom. The van der Waals surface area contributed by atoms with Crippen LogP contribution in [0, 0.1) is 11.3 Å². The number of nitriles is 1. The van der Waals surface area contributed by atoms with Crippen molar-refractivity contribution in [3.05, 3.63) is 0 Å². The molecule has 136 valence electrons. The SMILES string of the molecule is CC(C)N(C(C)C)P(O)OP(OCCC#N)N(C(C)C)C(C)C. The maximum atomic E-state index is 10.6. The average molecular weight is 365 g/mol. The second-order valence-corrected chi connectivity index (χ2v) is 9.26. The van der Waals surface area contributed by atoms with E-state index < -0.39 is 17.1 Å². The van der Waals surface area contributed by atoms with Gasteiger partial charge in [0.15, 0.2) is 0 Å². The molecule has 23 heavy (non-hydrogen) atoms. The summed E-state index contributed by atoms with van der Waals surface area (Å²) in [6.45, 7) is 16.8. The van der Waals surface area contributed by atoms with Gasteiger partial charge in [0.1, 0.15) is 0 Å². The van der Waals surface area contributed by atoms with Crippen molar-refractivity contribution < 1.29 is 13.7 Å². The molecule has 1 N–H and O–H groups in total. The fraction of sp³-hybridized carbons (Fsp3) is 0.933. The van der Waals surface area contributed by atoms with Crippen molar-refractivity contribution in [3.8, 4) is 6.07 Å². The van der Waals surface area contributed by atoms with Crippen LogP contribution in [0.15, 0.2) is 0 Å². The molecule has 0 bridgehead atoms. The zero-order chi connectivity index (χ0) is 18.2. The van der Waals surface area contributed by atoms with Gasteiger partial charge in [0.2, 0.25) is 0 Å². The molecule has 0 aromatic heterocycles. The van der Waals surface area contributed by atoms with Crippen molar-refractivity contribution in [1.82, 2.24) is 9.34 Å². The fourth-order valence-corrected chi connectivity index (χ4v) is 5.66. The van der Waals surface area contributed by atoms with E-state index in [0.717, 1.165) is 0 Å². The lowest BCUT2D eigenvalue weighted by atomic mass is 10.3. The summed E-state index contributed by atoms with van der Waals surface area (Å²) < 4.78 is 15.9. The summed E-state index contributed by atoms with van der Waals surface area (Å²) in [5.74, 6) is 0. The van der Waals surface area contributed by atoms with Crippen molar-refractivity contribution in [2.24, 2.45) is 0 Å². The maximum Gasteiger partial charge on any atom is 0.265 e. The van der Waals surface area contributed by atoms with Crippen LogP contribution < -0.4 is 0 Å². The Morgan fingerprint density at radius 2 is 1.35 bits per heavy atom. The molecule has 2 unspecified atom stereocenters. The first-order valence-corrected chi connectivity index (χ1v) is 10.5. The third kappa shape index (κ3) is 8.18. The molecule has 0 aliphatic rings. The Balaban J connectivity index is 5.15. The summed E-state index contributed by atoms with van der Waals surface area (Å²) >= 11 is 0. The van der Waals surface area contributed by atoms with E-state index >= 15 is 0 Å². The third-order valence-electron chi connectivity index (χ3n) is 3.06. The molecule has 0 saturated heterocycles. The summed E-state index contributed by atoms with van der Waals surface area (Å²) in [6.07, 6.45) is 0.313. The standard InChI is InChI=1S/C15H33N3O3P2/c1-12(2)17(13(3)4)22(19)21-23(20-11-9-10-16)18(14(5)6)15(7)8/h12-15,19H,9,11H2,1-8H3. The highest BCUT2D eigenvalue weighted by molar-refractivity contribution is 7.57. The molecule has 0 aliphatic carbocycles. The highest BCUT2D eigenvalue weighted by Crippen LogP contribution is 2.58. The summed E-state index contributed by atoms with van der Waals surface area (Å²) in [6, 6.07) is 2.87. The molecule has 0 heterocycles. The minimum absolute atomic E-state index is 0.175. The second kappa shape index (κ2) is 11.7. The zero-order valence-corrected chi connectivity index (χ0v) is 17.5. The van der Waals surface area contributed by atoms with Gasteiger partial charge in [0.25, 0.3) is 17.1 Å². The van der Waals surface area contributed by atoms with E-state index in [2.05, 4.69) is 38.4 Å². The minimum Gasteiger partial charge on any atom is -0.337 e. The van der Waals surface area contributed by atoms with Gasteiger partial charge in [-0.15, -0.1) is 0 Å². The Kier molecular flexibility index (Phi) is 11.7. The van der Waals surface area contributed by atoms with Crippen LogP contribution in [0.3, 0.4) is 0 Å². The number of hydrogen-bond acceptors (Lipinski definition) is 6. The maximum absolute atomic E-state index is 10.6. The molecular formula is C15H33N3O3P2. The van der Waals surface area contributed by atoms with Gasteiger partial charge in [-0.2, -0.15) is 5.26 Å². The van der Waals surface area contributed by atoms with E-state index in [1.165, 1.54) is 0 Å². The van der Waals surface area contributed by atoms with E-state index in [1.54, 1.807) is 0 Å². The topological polar surface area (TPSA) is 69.0 Å². The molecule has 0 radical (unpaired) electrons. The van der Waals surface area contributed by atoms with E-state index in [1.807, 2.05) is 32.4 Å². The van der Waals surface area contributed by atoms with Crippen LogP contribution in [0.1, 0.15) is 61.8 Å². The van der Waals surface area contributed by atoms with Gasteiger partial charge in [-0.3, -0.25) is 4.31 Å². The first kappa shape index (κ1) is 23.1. The Morgan fingerprint density at radius 3 is 1.70 bits per heavy atom. The van der Waals surface area contributed by atoms with Crippen LogP contribution in [-0.4, -0.2) is 45.0 Å². The van der Waals surface area contributed by atoms with Crippen molar-refractivity contribution in [2.45, 2.75) is 86.0 Å². The van der Waals surface area contributed by atoms with Gasteiger partial charge in [0.05, 0.1) is 19.1 Å². The Hall–Kier alpha value is 0.150. The van der Waals surface area contributed by atoms with E-state index in [9.17, 15) is 4.89 Å². The third-order valence-corrected chi connectivity index (χ3v) is 7.23. The molecule has 0 spiro atoms. The molecule has 8 heteroatoms. The summed E-state index contributed by atoms with van der Waals surface area (Å²) in [7, 11) is -3.17. The van der Waals surface area contributed by atoms with Crippen molar-refractivity contribution in [1.29, 1.82) is 5.26 Å². The van der Waals surface area contributed by atoms with Crippen LogP contribution in [0.5, 0.6) is 0 Å². The molecule has 0 fully saturated rings. The van der Waals surface area contributed by atoms with Crippen molar-refractivity contribution >= 4 is 17.1 Å². The van der Waals surface area contributed by atoms with Crippen LogP contribution in [-0.2, 0) is 8.83 Å². The number of hydrogen-bond donors (Lipinski definition) is 1. The first-order chi connectivity index (χ1) is 10.6. The van der Waals surface area contributed by atoms with E-state index in [4.69, 9.17) is 14.1 Å². The largest absolute Gasteiger partial charge is 0.337 e. The lowest BCUT2D eigenvalue weighted by Crippen LogP contribution is -2.35. The number of rotatable bonds is 11. The molecule has 0 amide bonds. The van der Waals surface area contributed by atoms with Gasteiger partial charge in [-0.05, 0) is 55.4 Å². The van der Waals surface area contributed by atoms with Crippen molar-refractivity contribution in [3.63, 3.8) is 0 Å². The lowest BCUT2D eigenvalue weighted by molar-refractivity contribution is 0.203. The molecule has 0 aliphatic heterocycles. The van der Waals surface area contributed by atoms with E-state index in [0.29, 0.717) is 13.0 Å². The van der Waals surface area contributed by atoms with Crippen molar-refractivity contribution in [2.75, 3.05) is 6.61 Å². The van der Waals surface area contributed by atoms with E-state index in [-0.39, 0.29) is 24.2 Å². The average Bonchev–Trinajstić information content (AvgIpc) is 2.36. The monoisotopic (exact) mass is 365 g/mol. The molecule has 2 atom stereocenters. The fourth-order valence-electron chi connectivity index (χ4n) is 2.37. The normalized spacial score (nSPS) is 15.2. The molecule has 0 aromatic carbocycles. The molecule has 6 nitrogen and oxygen atoms in total. The summed E-state index contributed by atoms with van der Waals surface area (Å²) in [5.41, 5.74) is 0. The van der Waals surface area contributed by atoms with Crippen LogP contribution >= 0.6 is 17.1 Å². The molecule has 0 saturated carbocycles. The lowest BCUT2D eigenvalue weighted by Gasteiger charge is -2.39. The predicted octanol–water partition coefficient (Wildman–Crippen LogP) is 4.62. The van der Waals surface area contributed by atoms with Gasteiger partial charge in [0, 0.05) is 24.2 Å². The van der Waals surface area contributed by atoms with Crippen LogP contribution in [0.2, 0.25) is 0 Å². The van der Waals surface area contributed by atoms with Crippen LogP contribution in [0.4, 0.5) is 0 Å². The molecular weight excluding hydrogens is 332 g/mol. The summed E-state index contributed by atoms with van der Waals surface area (Å²) in [5, 5.41) is 8.72. The Labute approximate surface area is 144 Å². The predicted molar refractivity (Wildman–Crippen MR) is 97.5 cm³/mol. The minimum atomic E-state index is -1.75. The highest BCUT2D eigenvalue weighted by atomic mass is 31.2. The highest BCUT2D eigenvalue weighted by Gasteiger charge is 2.33. The van der Waals surface area contributed by atoms with Gasteiger partial charge in [-0.25, -0.2) is 9.34 Å². The van der Waals surface area contributed by atoms with Gasteiger partial charge >= 0.3 is 0 Å². The number of nitrogens with zero attached hydrogens (tertiary/aromatic N) is 3. The Bertz CT molecular complexity index is 346. The van der Waals surface area contributed by atoms with Crippen LogP contribution in [0.25, 0.3) is 0 Å². The summed E-state index contributed by atoms with van der Waals surface area (Å²) in [4.78, 5) is 10.6. The smallest absolute Gasteiger partial charge is 0.265 e.